The summed E-state index contributed by atoms with van der Waals surface area (Å²) < 4.78 is 0. The molecular formula is C16H30N2O2. The Labute approximate surface area is 122 Å². The van der Waals surface area contributed by atoms with E-state index in [1.165, 1.54) is 19.3 Å². The van der Waals surface area contributed by atoms with Crippen LogP contribution in [0.1, 0.15) is 65.2 Å². The van der Waals surface area contributed by atoms with E-state index in [2.05, 4.69) is 24.5 Å². The van der Waals surface area contributed by atoms with Crippen molar-refractivity contribution in [2.45, 2.75) is 83.4 Å². The van der Waals surface area contributed by atoms with Crippen LogP contribution in [0, 0.1) is 11.8 Å². The molecule has 0 aromatic carbocycles. The number of urea groups is 1. The van der Waals surface area contributed by atoms with Crippen molar-refractivity contribution in [1.82, 2.24) is 10.6 Å². The predicted octanol–water partition coefficient (Wildman–Crippen LogP) is 2.80. The molecule has 2 atom stereocenters. The number of hydrogen-bond acceptors (Lipinski definition) is 2. The van der Waals surface area contributed by atoms with Gasteiger partial charge in [-0.25, -0.2) is 4.79 Å². The number of hydrogen-bond donors (Lipinski definition) is 3. The van der Waals surface area contributed by atoms with E-state index in [1.54, 1.807) is 0 Å². The van der Waals surface area contributed by atoms with Crippen molar-refractivity contribution in [3.05, 3.63) is 0 Å². The van der Waals surface area contributed by atoms with E-state index >= 15 is 0 Å². The third kappa shape index (κ3) is 4.37. The summed E-state index contributed by atoms with van der Waals surface area (Å²) in [6.07, 6.45) is 8.11. The molecule has 2 amide bonds. The van der Waals surface area contributed by atoms with Gasteiger partial charge in [0.2, 0.25) is 0 Å². The average molecular weight is 282 g/mol. The van der Waals surface area contributed by atoms with Crippen LogP contribution in [0.5, 0.6) is 0 Å². The van der Waals surface area contributed by atoms with E-state index < -0.39 is 0 Å². The summed E-state index contributed by atoms with van der Waals surface area (Å²) in [5, 5.41) is 15.8. The maximum absolute atomic E-state index is 12.1. The van der Waals surface area contributed by atoms with Crippen LogP contribution in [0.3, 0.4) is 0 Å². The number of carbonyl (C=O) groups excluding carboxylic acids is 1. The molecule has 0 unspecified atom stereocenters. The number of amides is 2. The van der Waals surface area contributed by atoms with Crippen molar-refractivity contribution in [3.63, 3.8) is 0 Å². The topological polar surface area (TPSA) is 61.4 Å². The highest BCUT2D eigenvalue weighted by Gasteiger charge is 2.29. The van der Waals surface area contributed by atoms with Crippen molar-refractivity contribution >= 4 is 6.03 Å². The maximum Gasteiger partial charge on any atom is 0.315 e. The lowest BCUT2D eigenvalue weighted by Gasteiger charge is -2.35. The van der Waals surface area contributed by atoms with Gasteiger partial charge < -0.3 is 15.7 Å². The highest BCUT2D eigenvalue weighted by atomic mass is 16.3. The fraction of sp³-hybridized carbons (Fsp3) is 0.938. The first-order chi connectivity index (χ1) is 9.56. The number of carbonyl (C=O) groups is 1. The van der Waals surface area contributed by atoms with Crippen LogP contribution in [0.25, 0.3) is 0 Å². The molecule has 0 aliphatic heterocycles. The van der Waals surface area contributed by atoms with Gasteiger partial charge in [0.15, 0.2) is 0 Å². The Kier molecular flexibility index (Phi) is 5.70. The van der Waals surface area contributed by atoms with Gasteiger partial charge in [-0.05, 0) is 50.4 Å². The van der Waals surface area contributed by atoms with E-state index in [4.69, 9.17) is 0 Å². The van der Waals surface area contributed by atoms with Gasteiger partial charge in [-0.1, -0.05) is 26.7 Å². The molecule has 4 heteroatoms. The molecule has 3 N–H and O–H groups in total. The molecule has 0 bridgehead atoms. The zero-order valence-corrected chi connectivity index (χ0v) is 12.9. The minimum Gasteiger partial charge on any atom is -0.393 e. The first-order valence-corrected chi connectivity index (χ1v) is 8.31. The van der Waals surface area contributed by atoms with Crippen molar-refractivity contribution in [1.29, 1.82) is 0 Å². The van der Waals surface area contributed by atoms with Crippen molar-refractivity contribution < 1.29 is 9.90 Å². The highest BCUT2D eigenvalue weighted by molar-refractivity contribution is 5.74. The molecule has 2 rings (SSSR count). The van der Waals surface area contributed by atoms with E-state index in [9.17, 15) is 9.90 Å². The Morgan fingerprint density at radius 1 is 1.00 bits per heavy atom. The second kappa shape index (κ2) is 7.30. The zero-order valence-electron chi connectivity index (χ0n) is 12.9. The van der Waals surface area contributed by atoms with E-state index in [0.29, 0.717) is 17.9 Å². The summed E-state index contributed by atoms with van der Waals surface area (Å²) in [4.78, 5) is 12.1. The fourth-order valence-corrected chi connectivity index (χ4v) is 3.75. The lowest BCUT2D eigenvalue weighted by atomic mass is 9.78. The Morgan fingerprint density at radius 2 is 1.65 bits per heavy atom. The van der Waals surface area contributed by atoms with Crippen LogP contribution in [0.4, 0.5) is 4.79 Å². The molecule has 116 valence electrons. The van der Waals surface area contributed by atoms with Crippen molar-refractivity contribution in [3.8, 4) is 0 Å². The van der Waals surface area contributed by atoms with E-state index in [0.717, 1.165) is 32.1 Å². The molecule has 2 aliphatic rings. The summed E-state index contributed by atoms with van der Waals surface area (Å²) in [7, 11) is 0. The second-order valence-electron chi connectivity index (χ2n) is 6.92. The standard InChI is InChI=1S/C16H30N2O2/c1-11(2)14-5-3-4-6-15(14)18-16(20)17-12-7-9-13(19)10-8-12/h11-15,19H,3-10H2,1-2H3,(H2,17,18,20)/t12?,13?,14-,15-/m0/s1. The van der Waals surface area contributed by atoms with Crippen LogP contribution >= 0.6 is 0 Å². The fourth-order valence-electron chi connectivity index (χ4n) is 3.75. The van der Waals surface area contributed by atoms with Gasteiger partial charge in [-0.2, -0.15) is 0 Å². The van der Waals surface area contributed by atoms with E-state index in [1.807, 2.05) is 0 Å². The Balaban J connectivity index is 1.78. The van der Waals surface area contributed by atoms with Crippen molar-refractivity contribution in [2.75, 3.05) is 0 Å². The van der Waals surface area contributed by atoms with Gasteiger partial charge in [-0.15, -0.1) is 0 Å². The van der Waals surface area contributed by atoms with Gasteiger partial charge in [0, 0.05) is 12.1 Å². The first-order valence-electron chi connectivity index (χ1n) is 8.31. The summed E-state index contributed by atoms with van der Waals surface area (Å²) in [6.45, 7) is 4.51. The smallest absolute Gasteiger partial charge is 0.315 e. The molecule has 2 saturated carbocycles. The molecule has 0 aromatic heterocycles. The Hall–Kier alpha value is -0.770. The quantitative estimate of drug-likeness (QED) is 0.745. The number of rotatable bonds is 3. The normalized spacial score (nSPS) is 34.8. The minimum atomic E-state index is -0.167. The summed E-state index contributed by atoms with van der Waals surface area (Å²) in [5.74, 6) is 1.24. The van der Waals surface area contributed by atoms with Crippen LogP contribution in [0.2, 0.25) is 0 Å². The lowest BCUT2D eigenvalue weighted by molar-refractivity contribution is 0.117. The van der Waals surface area contributed by atoms with Gasteiger partial charge >= 0.3 is 6.03 Å². The Morgan fingerprint density at radius 3 is 2.30 bits per heavy atom. The summed E-state index contributed by atoms with van der Waals surface area (Å²) in [6, 6.07) is 0.557. The van der Waals surface area contributed by atoms with Gasteiger partial charge in [0.05, 0.1) is 6.10 Å². The monoisotopic (exact) mass is 282 g/mol. The molecule has 20 heavy (non-hydrogen) atoms. The minimum absolute atomic E-state index is 0.0102. The lowest BCUT2D eigenvalue weighted by Crippen LogP contribution is -2.51. The molecular weight excluding hydrogens is 252 g/mol. The van der Waals surface area contributed by atoms with Gasteiger partial charge in [0.25, 0.3) is 0 Å². The zero-order chi connectivity index (χ0) is 14.5. The second-order valence-corrected chi connectivity index (χ2v) is 6.92. The largest absolute Gasteiger partial charge is 0.393 e. The third-order valence-electron chi connectivity index (χ3n) is 5.02. The number of aliphatic hydroxyl groups is 1. The SMILES string of the molecule is CC(C)[C@@H]1CCCC[C@@H]1NC(=O)NC1CCC(O)CC1. The van der Waals surface area contributed by atoms with Crippen LogP contribution < -0.4 is 10.6 Å². The molecule has 2 aliphatic carbocycles. The van der Waals surface area contributed by atoms with E-state index in [-0.39, 0.29) is 18.2 Å². The predicted molar refractivity (Wildman–Crippen MR) is 80.5 cm³/mol. The molecule has 0 spiro atoms. The number of nitrogens with one attached hydrogen (secondary N) is 2. The first kappa shape index (κ1) is 15.6. The molecule has 2 fully saturated rings. The maximum atomic E-state index is 12.1. The van der Waals surface area contributed by atoms with Crippen molar-refractivity contribution in [2.24, 2.45) is 11.8 Å². The average Bonchev–Trinajstić information content (AvgIpc) is 2.41. The molecule has 0 heterocycles. The number of aliphatic hydroxyl groups excluding tert-OH is 1. The molecule has 0 saturated heterocycles. The summed E-state index contributed by atoms with van der Waals surface area (Å²) >= 11 is 0. The summed E-state index contributed by atoms with van der Waals surface area (Å²) in [5.41, 5.74) is 0. The Bertz CT molecular complexity index is 312. The highest BCUT2D eigenvalue weighted by Crippen LogP contribution is 2.30. The molecule has 0 aromatic rings. The molecule has 0 radical (unpaired) electrons. The van der Waals surface area contributed by atoms with Crippen LogP contribution in [0.15, 0.2) is 0 Å². The van der Waals surface area contributed by atoms with Crippen LogP contribution in [-0.4, -0.2) is 29.3 Å². The van der Waals surface area contributed by atoms with Gasteiger partial charge in [0.1, 0.15) is 0 Å². The third-order valence-corrected chi connectivity index (χ3v) is 5.02. The molecule has 4 nitrogen and oxygen atoms in total. The van der Waals surface area contributed by atoms with Crippen LogP contribution in [-0.2, 0) is 0 Å². The van der Waals surface area contributed by atoms with Gasteiger partial charge in [-0.3, -0.25) is 0 Å².